The molecule has 4 saturated carbocycles. The van der Waals surface area contributed by atoms with Crippen LogP contribution < -0.4 is 0 Å². The van der Waals surface area contributed by atoms with Gasteiger partial charge in [-0.25, -0.2) is 0 Å². The van der Waals surface area contributed by atoms with Gasteiger partial charge in [-0.1, -0.05) is 59.0 Å². The largest absolute Gasteiger partial charge is 0.411 e. The second-order valence-corrected chi connectivity index (χ2v) is 12.8. The Kier molecular flexibility index (Phi) is 6.31. The SMILES string of the molecule is CC(C)CCC[C@@H](C)[C@H]1CC[C@H]2[C@@H]3C/C(=N/O)[C@@]4(O)C[C@H](O)CC[C@]4(C)[C@H]3CC[C@]12C. The summed E-state index contributed by atoms with van der Waals surface area (Å²) in [4.78, 5) is 0. The highest BCUT2D eigenvalue weighted by Gasteiger charge is 2.67. The molecule has 4 nitrogen and oxygen atoms in total. The van der Waals surface area contributed by atoms with Crippen LogP contribution in [0.25, 0.3) is 0 Å². The minimum absolute atomic E-state index is 0.293. The van der Waals surface area contributed by atoms with Gasteiger partial charge in [0.2, 0.25) is 0 Å². The van der Waals surface area contributed by atoms with Crippen LogP contribution in [-0.2, 0) is 0 Å². The quantitative estimate of drug-likeness (QED) is 0.366. The van der Waals surface area contributed by atoms with Crippen molar-refractivity contribution in [3.63, 3.8) is 0 Å². The standard InChI is InChI=1S/C27H47NO3/c1-17(2)7-6-8-18(3)21-9-10-22-20-15-24(28-31)27(30)16-19(29)11-14-26(27,5)23(20)12-13-25(21,22)4/h17-23,29-31H,6-16H2,1-5H3/b28-24-/t18-,19-,20+,21-,22+,23+,25-,26-,27+/m1/s1. The summed E-state index contributed by atoms with van der Waals surface area (Å²) in [6, 6.07) is 0. The molecule has 4 rings (SSSR count). The number of hydrogen-bond acceptors (Lipinski definition) is 4. The van der Waals surface area contributed by atoms with Crippen LogP contribution >= 0.6 is 0 Å². The zero-order chi connectivity index (χ0) is 22.6. The molecule has 0 bridgehead atoms. The summed E-state index contributed by atoms with van der Waals surface area (Å²) in [6.45, 7) is 11.9. The van der Waals surface area contributed by atoms with Gasteiger partial charge in [-0.05, 0) is 85.9 Å². The van der Waals surface area contributed by atoms with Crippen LogP contribution in [0.15, 0.2) is 5.16 Å². The van der Waals surface area contributed by atoms with Crippen molar-refractivity contribution in [2.75, 3.05) is 0 Å². The summed E-state index contributed by atoms with van der Waals surface area (Å²) < 4.78 is 0. The molecular weight excluding hydrogens is 386 g/mol. The van der Waals surface area contributed by atoms with E-state index in [4.69, 9.17) is 0 Å². The number of fused-ring (bicyclic) bond motifs is 5. The minimum Gasteiger partial charge on any atom is -0.411 e. The Morgan fingerprint density at radius 2 is 1.74 bits per heavy atom. The van der Waals surface area contributed by atoms with E-state index in [0.29, 0.717) is 41.7 Å². The third kappa shape index (κ3) is 3.59. The van der Waals surface area contributed by atoms with Crippen LogP contribution in [0.5, 0.6) is 0 Å². The highest BCUT2D eigenvalue weighted by molar-refractivity contribution is 5.94. The van der Waals surface area contributed by atoms with E-state index in [-0.39, 0.29) is 5.41 Å². The minimum atomic E-state index is -1.16. The second kappa shape index (κ2) is 8.31. The average Bonchev–Trinajstić information content (AvgIpc) is 3.05. The molecule has 0 aliphatic heterocycles. The van der Waals surface area contributed by atoms with E-state index < -0.39 is 11.7 Å². The van der Waals surface area contributed by atoms with Crippen molar-refractivity contribution in [1.29, 1.82) is 0 Å². The maximum atomic E-state index is 11.8. The average molecular weight is 434 g/mol. The summed E-state index contributed by atoms with van der Waals surface area (Å²) in [5.41, 5.74) is -0.526. The Hall–Kier alpha value is -0.610. The van der Waals surface area contributed by atoms with Crippen molar-refractivity contribution in [2.24, 2.45) is 51.5 Å². The molecule has 9 atom stereocenters. The first-order valence-corrected chi connectivity index (χ1v) is 13.2. The van der Waals surface area contributed by atoms with Crippen LogP contribution in [0.2, 0.25) is 0 Å². The molecule has 0 unspecified atom stereocenters. The van der Waals surface area contributed by atoms with Crippen molar-refractivity contribution in [3.8, 4) is 0 Å². The Morgan fingerprint density at radius 1 is 1.00 bits per heavy atom. The zero-order valence-corrected chi connectivity index (χ0v) is 20.6. The fourth-order valence-corrected chi connectivity index (χ4v) is 9.19. The van der Waals surface area contributed by atoms with Crippen molar-refractivity contribution < 1.29 is 15.4 Å². The summed E-state index contributed by atoms with van der Waals surface area (Å²) in [5, 5.41) is 35.7. The number of aliphatic hydroxyl groups excluding tert-OH is 1. The van der Waals surface area contributed by atoms with Crippen molar-refractivity contribution in [2.45, 2.75) is 117 Å². The number of oxime groups is 1. The van der Waals surface area contributed by atoms with Gasteiger partial charge in [0, 0.05) is 11.8 Å². The van der Waals surface area contributed by atoms with Crippen molar-refractivity contribution >= 4 is 5.71 Å². The van der Waals surface area contributed by atoms with Gasteiger partial charge in [-0.3, -0.25) is 0 Å². The van der Waals surface area contributed by atoms with Gasteiger partial charge in [0.25, 0.3) is 0 Å². The first-order chi connectivity index (χ1) is 14.6. The van der Waals surface area contributed by atoms with Crippen LogP contribution in [0.4, 0.5) is 0 Å². The fourth-order valence-electron chi connectivity index (χ4n) is 9.19. The fraction of sp³-hybridized carbons (Fsp3) is 0.963. The summed E-state index contributed by atoms with van der Waals surface area (Å²) in [6.07, 6.45) is 11.2. The molecule has 4 aliphatic rings. The van der Waals surface area contributed by atoms with E-state index in [1.54, 1.807) is 0 Å². The smallest absolute Gasteiger partial charge is 0.114 e. The van der Waals surface area contributed by atoms with Crippen LogP contribution in [-0.4, -0.2) is 32.8 Å². The van der Waals surface area contributed by atoms with Gasteiger partial charge < -0.3 is 15.4 Å². The Morgan fingerprint density at radius 3 is 2.42 bits per heavy atom. The van der Waals surface area contributed by atoms with E-state index >= 15 is 0 Å². The Bertz CT molecular complexity index is 692. The van der Waals surface area contributed by atoms with Crippen LogP contribution in [0.3, 0.4) is 0 Å². The Labute approximate surface area is 189 Å². The maximum Gasteiger partial charge on any atom is 0.114 e. The zero-order valence-electron chi connectivity index (χ0n) is 20.6. The first-order valence-electron chi connectivity index (χ1n) is 13.2. The van der Waals surface area contributed by atoms with Gasteiger partial charge in [0.15, 0.2) is 0 Å². The van der Waals surface area contributed by atoms with E-state index in [9.17, 15) is 15.4 Å². The van der Waals surface area contributed by atoms with Gasteiger partial charge in [0.1, 0.15) is 5.60 Å². The molecule has 4 fully saturated rings. The van der Waals surface area contributed by atoms with E-state index in [1.807, 2.05) is 0 Å². The second-order valence-electron chi connectivity index (χ2n) is 12.8. The van der Waals surface area contributed by atoms with Crippen LogP contribution in [0.1, 0.15) is 105 Å². The molecule has 0 amide bonds. The molecular formula is C27H47NO3. The summed E-state index contributed by atoms with van der Waals surface area (Å²) in [5.74, 6) is 3.98. The molecule has 4 aliphatic carbocycles. The molecule has 3 N–H and O–H groups in total. The van der Waals surface area contributed by atoms with Gasteiger partial charge in [-0.15, -0.1) is 0 Å². The molecule has 31 heavy (non-hydrogen) atoms. The monoisotopic (exact) mass is 433 g/mol. The number of rotatable bonds is 5. The predicted octanol–water partition coefficient (Wildman–Crippen LogP) is 6.02. The normalized spacial score (nSPS) is 49.5. The molecule has 0 saturated heterocycles. The van der Waals surface area contributed by atoms with E-state index in [1.165, 1.54) is 44.9 Å². The van der Waals surface area contributed by atoms with Gasteiger partial charge in [0.05, 0.1) is 11.8 Å². The number of hydrogen-bond donors (Lipinski definition) is 3. The van der Waals surface area contributed by atoms with Crippen molar-refractivity contribution in [3.05, 3.63) is 0 Å². The number of aliphatic hydroxyl groups is 2. The lowest BCUT2D eigenvalue weighted by Crippen LogP contribution is -2.67. The Balaban J connectivity index is 1.57. The van der Waals surface area contributed by atoms with Gasteiger partial charge in [-0.2, -0.15) is 0 Å². The molecule has 0 aromatic rings. The summed E-state index contributed by atoms with van der Waals surface area (Å²) >= 11 is 0. The maximum absolute atomic E-state index is 11.8. The third-order valence-electron chi connectivity index (χ3n) is 11.0. The topological polar surface area (TPSA) is 73.1 Å². The van der Waals surface area contributed by atoms with E-state index in [2.05, 4.69) is 39.8 Å². The van der Waals surface area contributed by atoms with Gasteiger partial charge >= 0.3 is 0 Å². The van der Waals surface area contributed by atoms with Crippen molar-refractivity contribution in [1.82, 2.24) is 0 Å². The molecule has 178 valence electrons. The molecule has 0 aromatic heterocycles. The highest BCUT2D eigenvalue weighted by Crippen LogP contribution is 2.68. The lowest BCUT2D eigenvalue weighted by atomic mass is 9.42. The predicted molar refractivity (Wildman–Crippen MR) is 125 cm³/mol. The van der Waals surface area contributed by atoms with Crippen LogP contribution in [0, 0.1) is 46.3 Å². The lowest BCUT2D eigenvalue weighted by molar-refractivity contribution is -0.170. The molecule has 0 aromatic carbocycles. The lowest BCUT2D eigenvalue weighted by Gasteiger charge is -2.63. The molecule has 0 heterocycles. The third-order valence-corrected chi connectivity index (χ3v) is 11.0. The first kappa shape index (κ1) is 23.5. The molecule has 4 heteroatoms. The highest BCUT2D eigenvalue weighted by atomic mass is 16.4. The summed E-state index contributed by atoms with van der Waals surface area (Å²) in [7, 11) is 0. The molecule has 0 radical (unpaired) electrons. The molecule has 0 spiro atoms. The number of nitrogens with zero attached hydrogens (tertiary/aromatic N) is 1. The van der Waals surface area contributed by atoms with E-state index in [0.717, 1.165) is 30.6 Å².